The van der Waals surface area contributed by atoms with E-state index in [1.165, 1.54) is 49.7 Å². The summed E-state index contributed by atoms with van der Waals surface area (Å²) in [5, 5.41) is 3.58. The standard InChI is InChI=1S/C19H29N/c1-14-5-3-4-6-16(14)9-10-19(20-2)13-18-12-15-7-8-17(18)11-15/h3-6,15,17-20H,7-13H2,1-2H3. The van der Waals surface area contributed by atoms with Crippen molar-refractivity contribution in [2.24, 2.45) is 17.8 Å². The summed E-state index contributed by atoms with van der Waals surface area (Å²) < 4.78 is 0. The highest BCUT2D eigenvalue weighted by Gasteiger charge is 2.39. The van der Waals surface area contributed by atoms with Gasteiger partial charge in [-0.2, -0.15) is 0 Å². The van der Waals surface area contributed by atoms with Crippen LogP contribution < -0.4 is 5.32 Å². The molecule has 2 bridgehead atoms. The van der Waals surface area contributed by atoms with Gasteiger partial charge in [0, 0.05) is 6.04 Å². The van der Waals surface area contributed by atoms with Crippen molar-refractivity contribution in [1.82, 2.24) is 5.32 Å². The molecule has 1 nitrogen and oxygen atoms in total. The van der Waals surface area contributed by atoms with Gasteiger partial charge in [-0.3, -0.25) is 0 Å². The Morgan fingerprint density at radius 3 is 2.70 bits per heavy atom. The van der Waals surface area contributed by atoms with Crippen molar-refractivity contribution in [2.75, 3.05) is 7.05 Å². The summed E-state index contributed by atoms with van der Waals surface area (Å²) in [6, 6.07) is 9.55. The summed E-state index contributed by atoms with van der Waals surface area (Å²) in [6.07, 6.45) is 10.0. The van der Waals surface area contributed by atoms with Crippen molar-refractivity contribution in [3.8, 4) is 0 Å². The Morgan fingerprint density at radius 2 is 2.05 bits per heavy atom. The Morgan fingerprint density at radius 1 is 1.20 bits per heavy atom. The van der Waals surface area contributed by atoms with Crippen LogP contribution in [0.4, 0.5) is 0 Å². The van der Waals surface area contributed by atoms with Crippen LogP contribution in [-0.4, -0.2) is 13.1 Å². The van der Waals surface area contributed by atoms with Gasteiger partial charge in [-0.15, -0.1) is 0 Å². The molecule has 2 fully saturated rings. The van der Waals surface area contributed by atoms with Gasteiger partial charge in [0.25, 0.3) is 0 Å². The van der Waals surface area contributed by atoms with Crippen molar-refractivity contribution in [3.05, 3.63) is 35.4 Å². The van der Waals surface area contributed by atoms with E-state index in [1.54, 1.807) is 6.42 Å². The molecule has 0 saturated heterocycles. The first-order valence-electron chi connectivity index (χ1n) is 8.48. The maximum absolute atomic E-state index is 3.58. The van der Waals surface area contributed by atoms with Gasteiger partial charge < -0.3 is 5.32 Å². The van der Waals surface area contributed by atoms with Crippen LogP contribution in [0.25, 0.3) is 0 Å². The molecule has 20 heavy (non-hydrogen) atoms. The number of hydrogen-bond acceptors (Lipinski definition) is 1. The summed E-state index contributed by atoms with van der Waals surface area (Å²) >= 11 is 0. The molecule has 0 heterocycles. The average molecular weight is 271 g/mol. The molecule has 1 aromatic rings. The molecule has 0 radical (unpaired) electrons. The first-order chi connectivity index (χ1) is 9.76. The minimum Gasteiger partial charge on any atom is -0.317 e. The molecule has 0 aliphatic heterocycles. The molecule has 110 valence electrons. The molecule has 4 atom stereocenters. The Bertz CT molecular complexity index is 439. The zero-order chi connectivity index (χ0) is 13.9. The second-order valence-corrected chi connectivity index (χ2v) is 7.12. The number of benzene rings is 1. The van der Waals surface area contributed by atoms with Gasteiger partial charge in [-0.05, 0) is 81.4 Å². The third-order valence-electron chi connectivity index (χ3n) is 5.90. The van der Waals surface area contributed by atoms with E-state index >= 15 is 0 Å². The molecule has 4 unspecified atom stereocenters. The third kappa shape index (κ3) is 3.09. The van der Waals surface area contributed by atoms with Crippen LogP contribution in [0.1, 0.15) is 49.7 Å². The molecule has 1 aromatic carbocycles. The number of fused-ring (bicyclic) bond motifs is 2. The Labute approximate surface area is 124 Å². The highest BCUT2D eigenvalue weighted by Crippen LogP contribution is 2.50. The highest BCUT2D eigenvalue weighted by atomic mass is 14.9. The molecule has 1 heteroatoms. The van der Waals surface area contributed by atoms with Crippen LogP contribution in [-0.2, 0) is 6.42 Å². The fourth-order valence-corrected chi connectivity index (χ4v) is 4.63. The van der Waals surface area contributed by atoms with E-state index in [9.17, 15) is 0 Å². The number of hydrogen-bond donors (Lipinski definition) is 1. The minimum absolute atomic E-state index is 0.707. The molecule has 0 aromatic heterocycles. The van der Waals surface area contributed by atoms with Crippen LogP contribution in [0, 0.1) is 24.7 Å². The van der Waals surface area contributed by atoms with Crippen LogP contribution in [0.2, 0.25) is 0 Å². The monoisotopic (exact) mass is 271 g/mol. The molecule has 2 aliphatic carbocycles. The van der Waals surface area contributed by atoms with Crippen LogP contribution >= 0.6 is 0 Å². The third-order valence-corrected chi connectivity index (χ3v) is 5.90. The van der Waals surface area contributed by atoms with Gasteiger partial charge in [0.2, 0.25) is 0 Å². The summed E-state index contributed by atoms with van der Waals surface area (Å²) in [6.45, 7) is 2.24. The fraction of sp³-hybridized carbons (Fsp3) is 0.684. The van der Waals surface area contributed by atoms with Crippen molar-refractivity contribution in [3.63, 3.8) is 0 Å². The molecule has 0 spiro atoms. The summed E-state index contributed by atoms with van der Waals surface area (Å²) in [4.78, 5) is 0. The largest absolute Gasteiger partial charge is 0.317 e. The van der Waals surface area contributed by atoms with Crippen molar-refractivity contribution in [2.45, 2.75) is 57.9 Å². The number of aryl methyl sites for hydroxylation is 2. The lowest BCUT2D eigenvalue weighted by atomic mass is 9.83. The second-order valence-electron chi connectivity index (χ2n) is 7.12. The maximum atomic E-state index is 3.58. The Balaban J connectivity index is 1.51. The first-order valence-corrected chi connectivity index (χ1v) is 8.48. The summed E-state index contributed by atoms with van der Waals surface area (Å²) in [5.74, 6) is 3.16. The zero-order valence-corrected chi connectivity index (χ0v) is 13.1. The normalized spacial score (nSPS) is 29.8. The predicted molar refractivity (Wildman–Crippen MR) is 85.9 cm³/mol. The summed E-state index contributed by atoms with van der Waals surface area (Å²) in [5.41, 5.74) is 2.97. The lowest BCUT2D eigenvalue weighted by Gasteiger charge is -2.26. The van der Waals surface area contributed by atoms with E-state index in [2.05, 4.69) is 43.6 Å². The van der Waals surface area contributed by atoms with Crippen LogP contribution in [0.5, 0.6) is 0 Å². The van der Waals surface area contributed by atoms with Crippen molar-refractivity contribution < 1.29 is 0 Å². The Kier molecular flexibility index (Phi) is 4.45. The zero-order valence-electron chi connectivity index (χ0n) is 13.1. The predicted octanol–water partition coefficient (Wildman–Crippen LogP) is 4.34. The molecule has 1 N–H and O–H groups in total. The van der Waals surface area contributed by atoms with Crippen molar-refractivity contribution >= 4 is 0 Å². The van der Waals surface area contributed by atoms with E-state index in [0.717, 1.165) is 17.8 Å². The van der Waals surface area contributed by atoms with Gasteiger partial charge >= 0.3 is 0 Å². The smallest absolute Gasteiger partial charge is 0.00699 e. The number of rotatable bonds is 6. The molecule has 2 aliphatic rings. The van der Waals surface area contributed by atoms with Crippen molar-refractivity contribution in [1.29, 1.82) is 0 Å². The van der Waals surface area contributed by atoms with Gasteiger partial charge in [0.1, 0.15) is 0 Å². The van der Waals surface area contributed by atoms with Gasteiger partial charge in [-0.25, -0.2) is 0 Å². The Hall–Kier alpha value is -0.820. The van der Waals surface area contributed by atoms with Gasteiger partial charge in [0.15, 0.2) is 0 Å². The first kappa shape index (κ1) is 14.1. The SMILES string of the molecule is CNC(CCc1ccccc1C)CC1CC2CCC1C2. The average Bonchev–Trinajstić information content (AvgIpc) is 3.07. The molecular weight excluding hydrogens is 242 g/mol. The minimum atomic E-state index is 0.707. The van der Waals surface area contributed by atoms with E-state index in [-0.39, 0.29) is 0 Å². The van der Waals surface area contributed by atoms with E-state index in [0.29, 0.717) is 6.04 Å². The van der Waals surface area contributed by atoms with Gasteiger partial charge in [0.05, 0.1) is 0 Å². The van der Waals surface area contributed by atoms with E-state index in [1.807, 2.05) is 0 Å². The second kappa shape index (κ2) is 6.30. The van der Waals surface area contributed by atoms with E-state index < -0.39 is 0 Å². The lowest BCUT2D eigenvalue weighted by Crippen LogP contribution is -2.30. The fourth-order valence-electron chi connectivity index (χ4n) is 4.63. The lowest BCUT2D eigenvalue weighted by molar-refractivity contribution is 0.277. The topological polar surface area (TPSA) is 12.0 Å². The molecular formula is C19H29N. The number of nitrogens with one attached hydrogen (secondary N) is 1. The van der Waals surface area contributed by atoms with Crippen LogP contribution in [0.3, 0.4) is 0 Å². The molecule has 3 rings (SSSR count). The van der Waals surface area contributed by atoms with Crippen LogP contribution in [0.15, 0.2) is 24.3 Å². The quantitative estimate of drug-likeness (QED) is 0.811. The van der Waals surface area contributed by atoms with Gasteiger partial charge in [-0.1, -0.05) is 30.7 Å². The van der Waals surface area contributed by atoms with E-state index in [4.69, 9.17) is 0 Å². The maximum Gasteiger partial charge on any atom is 0.00699 e. The summed E-state index contributed by atoms with van der Waals surface area (Å²) in [7, 11) is 2.15. The molecule has 0 amide bonds. The molecule has 2 saturated carbocycles. The highest BCUT2D eigenvalue weighted by molar-refractivity contribution is 5.25.